The summed E-state index contributed by atoms with van der Waals surface area (Å²) in [4.78, 5) is 24.9. The van der Waals surface area contributed by atoms with Crippen molar-refractivity contribution in [2.75, 3.05) is 6.61 Å². The summed E-state index contributed by atoms with van der Waals surface area (Å²) < 4.78 is 11.8. The van der Waals surface area contributed by atoms with Crippen LogP contribution >= 0.6 is 0 Å². The van der Waals surface area contributed by atoms with Gasteiger partial charge in [0.05, 0.1) is 24.1 Å². The molecule has 0 aliphatic carbocycles. The molecule has 0 fully saturated rings. The number of pyridine rings is 1. The Morgan fingerprint density at radius 2 is 1.77 bits per heavy atom. The average molecular weight is 423 g/mol. The molecule has 162 valence electrons. The molecule has 1 heterocycles. The van der Waals surface area contributed by atoms with Crippen molar-refractivity contribution in [3.63, 3.8) is 0 Å². The molecule has 1 amide bonds. The van der Waals surface area contributed by atoms with Crippen LogP contribution < -0.4 is 15.7 Å². The van der Waals surface area contributed by atoms with Crippen molar-refractivity contribution in [2.24, 2.45) is 5.10 Å². The van der Waals surface area contributed by atoms with Crippen LogP contribution in [0.5, 0.6) is 11.6 Å². The van der Waals surface area contributed by atoms with Crippen molar-refractivity contribution < 1.29 is 19.4 Å². The molecular formula is C23H25N3O5. The lowest BCUT2D eigenvalue weighted by molar-refractivity contribution is 0.0529. The van der Waals surface area contributed by atoms with E-state index < -0.39 is 11.7 Å². The van der Waals surface area contributed by atoms with E-state index in [4.69, 9.17) is 9.47 Å². The van der Waals surface area contributed by atoms with Gasteiger partial charge in [-0.05, 0) is 58.0 Å². The maximum Gasteiger partial charge on any atom is 0.428 e. The molecule has 3 aromatic rings. The normalized spacial score (nSPS) is 11.6. The molecule has 0 spiro atoms. The van der Waals surface area contributed by atoms with Crippen LogP contribution in [0.2, 0.25) is 0 Å². The van der Waals surface area contributed by atoms with Crippen molar-refractivity contribution >= 4 is 23.1 Å². The predicted molar refractivity (Wildman–Crippen MR) is 119 cm³/mol. The highest BCUT2D eigenvalue weighted by Gasteiger charge is 2.18. The first-order valence-corrected chi connectivity index (χ1v) is 9.83. The fraction of sp³-hybridized carbons (Fsp3) is 0.261. The van der Waals surface area contributed by atoms with E-state index in [0.29, 0.717) is 28.8 Å². The summed E-state index contributed by atoms with van der Waals surface area (Å²) in [6, 6.07) is 13.7. The third-order valence-electron chi connectivity index (χ3n) is 4.26. The SMILES string of the molecule is CCOc1ccc(-n2c(O)c(/C=N/NC(=O)OC(C)(C)C)c3ccccc3c2=O)cc1. The lowest BCUT2D eigenvalue weighted by atomic mass is 10.1. The number of hydrogen-bond acceptors (Lipinski definition) is 6. The molecule has 3 rings (SSSR count). The van der Waals surface area contributed by atoms with Crippen LogP contribution in [-0.4, -0.2) is 34.2 Å². The van der Waals surface area contributed by atoms with Crippen molar-refractivity contribution in [1.29, 1.82) is 0 Å². The number of hydrogen-bond donors (Lipinski definition) is 2. The van der Waals surface area contributed by atoms with Gasteiger partial charge in [-0.3, -0.25) is 4.79 Å². The van der Waals surface area contributed by atoms with Gasteiger partial charge < -0.3 is 14.6 Å². The van der Waals surface area contributed by atoms with Crippen LogP contribution in [0.3, 0.4) is 0 Å². The van der Waals surface area contributed by atoms with Crippen molar-refractivity contribution in [2.45, 2.75) is 33.3 Å². The van der Waals surface area contributed by atoms with E-state index in [1.54, 1.807) is 69.3 Å². The Labute approximate surface area is 179 Å². The van der Waals surface area contributed by atoms with Gasteiger partial charge in [-0.2, -0.15) is 5.10 Å². The first-order valence-electron chi connectivity index (χ1n) is 9.83. The summed E-state index contributed by atoms with van der Waals surface area (Å²) in [5.41, 5.74) is 1.96. The Bertz CT molecular complexity index is 1170. The standard InChI is InChI=1S/C23H25N3O5/c1-5-30-16-12-10-15(11-13-16)26-20(27)18-9-7-6-8-17(18)19(21(26)28)14-24-25-22(29)31-23(2,3)4/h6-14,28H,5H2,1-4H3,(H,25,29)/b24-14+. The van der Waals surface area contributed by atoms with Crippen LogP contribution in [-0.2, 0) is 4.74 Å². The number of aromatic hydroxyl groups is 1. The van der Waals surface area contributed by atoms with Crippen LogP contribution in [0.1, 0.15) is 33.3 Å². The first kappa shape index (κ1) is 21.9. The summed E-state index contributed by atoms with van der Waals surface area (Å²) in [6.07, 6.45) is 0.555. The summed E-state index contributed by atoms with van der Waals surface area (Å²) >= 11 is 0. The maximum atomic E-state index is 13.1. The monoisotopic (exact) mass is 423 g/mol. The number of hydrazone groups is 1. The summed E-state index contributed by atoms with van der Waals surface area (Å²) in [6.45, 7) is 7.61. The third-order valence-corrected chi connectivity index (χ3v) is 4.26. The fourth-order valence-corrected chi connectivity index (χ4v) is 3.04. The highest BCUT2D eigenvalue weighted by molar-refractivity contribution is 6.01. The molecule has 8 nitrogen and oxygen atoms in total. The number of benzene rings is 2. The van der Waals surface area contributed by atoms with Gasteiger partial charge in [0.15, 0.2) is 0 Å². The highest BCUT2D eigenvalue weighted by Crippen LogP contribution is 2.26. The van der Waals surface area contributed by atoms with Crippen LogP contribution in [0.4, 0.5) is 4.79 Å². The molecule has 0 saturated carbocycles. The van der Waals surface area contributed by atoms with Crippen molar-refractivity contribution in [1.82, 2.24) is 9.99 Å². The third kappa shape index (κ3) is 5.03. The molecular weight excluding hydrogens is 398 g/mol. The quantitative estimate of drug-likeness (QED) is 0.478. The Hall–Kier alpha value is -3.81. The molecule has 31 heavy (non-hydrogen) atoms. The Balaban J connectivity index is 2.06. The van der Waals surface area contributed by atoms with Crippen LogP contribution in [0, 0.1) is 0 Å². The zero-order valence-corrected chi connectivity index (χ0v) is 17.9. The van der Waals surface area contributed by atoms with Gasteiger partial charge >= 0.3 is 6.09 Å². The molecule has 2 aromatic carbocycles. The van der Waals surface area contributed by atoms with E-state index >= 15 is 0 Å². The number of aromatic nitrogens is 1. The Kier molecular flexibility index (Phi) is 6.29. The van der Waals surface area contributed by atoms with Crippen LogP contribution in [0.25, 0.3) is 16.5 Å². The largest absolute Gasteiger partial charge is 0.494 e. The molecule has 0 radical (unpaired) electrons. The minimum Gasteiger partial charge on any atom is -0.494 e. The lowest BCUT2D eigenvalue weighted by Crippen LogP contribution is -2.29. The number of nitrogens with one attached hydrogen (secondary N) is 1. The lowest BCUT2D eigenvalue weighted by Gasteiger charge is -2.18. The van der Waals surface area contributed by atoms with Crippen LogP contribution in [0.15, 0.2) is 58.4 Å². The number of carbonyl (C=O) groups excluding carboxylic acids is 1. The second kappa shape index (κ2) is 8.91. The first-order chi connectivity index (χ1) is 14.7. The molecule has 2 N–H and O–H groups in total. The zero-order valence-electron chi connectivity index (χ0n) is 17.9. The molecule has 0 saturated heterocycles. The van der Waals surface area contributed by atoms with Gasteiger partial charge in [0.25, 0.3) is 5.56 Å². The predicted octanol–water partition coefficient (Wildman–Crippen LogP) is 3.95. The fourth-order valence-electron chi connectivity index (χ4n) is 3.04. The molecule has 0 aliphatic heterocycles. The van der Waals surface area contributed by atoms with E-state index in [9.17, 15) is 14.7 Å². The Morgan fingerprint density at radius 1 is 1.13 bits per heavy atom. The molecule has 1 aromatic heterocycles. The number of nitrogens with zero attached hydrogens (tertiary/aromatic N) is 2. The summed E-state index contributed by atoms with van der Waals surface area (Å²) in [5.74, 6) is 0.352. The van der Waals surface area contributed by atoms with Crippen molar-refractivity contribution in [3.8, 4) is 17.3 Å². The smallest absolute Gasteiger partial charge is 0.428 e. The number of ether oxygens (including phenoxy) is 2. The van der Waals surface area contributed by atoms with E-state index in [-0.39, 0.29) is 17.0 Å². The Morgan fingerprint density at radius 3 is 2.39 bits per heavy atom. The highest BCUT2D eigenvalue weighted by atomic mass is 16.6. The minimum atomic E-state index is -0.729. The zero-order chi connectivity index (χ0) is 22.6. The molecule has 0 unspecified atom stereocenters. The molecule has 0 aliphatic rings. The van der Waals surface area contributed by atoms with E-state index in [2.05, 4.69) is 10.5 Å². The summed E-state index contributed by atoms with van der Waals surface area (Å²) in [7, 11) is 0. The van der Waals surface area contributed by atoms with Gasteiger partial charge in [0.2, 0.25) is 5.88 Å². The maximum absolute atomic E-state index is 13.1. The van der Waals surface area contributed by atoms with E-state index in [0.717, 1.165) is 0 Å². The molecule has 0 atom stereocenters. The molecule has 8 heteroatoms. The summed E-state index contributed by atoms with van der Waals surface area (Å²) in [5, 5.41) is 15.7. The molecule has 0 bridgehead atoms. The number of amides is 1. The van der Waals surface area contributed by atoms with Gasteiger partial charge in [-0.1, -0.05) is 18.2 Å². The number of rotatable bonds is 5. The number of fused-ring (bicyclic) bond motifs is 1. The van der Waals surface area contributed by atoms with Gasteiger partial charge in [-0.15, -0.1) is 0 Å². The second-order valence-corrected chi connectivity index (χ2v) is 7.72. The van der Waals surface area contributed by atoms with Gasteiger partial charge in [0, 0.05) is 10.8 Å². The topological polar surface area (TPSA) is 102 Å². The average Bonchev–Trinajstić information content (AvgIpc) is 2.71. The second-order valence-electron chi connectivity index (χ2n) is 7.72. The van der Waals surface area contributed by atoms with E-state index in [1.165, 1.54) is 10.8 Å². The van der Waals surface area contributed by atoms with E-state index in [1.807, 2.05) is 6.92 Å². The van der Waals surface area contributed by atoms with Crippen molar-refractivity contribution in [3.05, 3.63) is 64.4 Å². The van der Waals surface area contributed by atoms with Gasteiger partial charge in [0.1, 0.15) is 11.4 Å². The minimum absolute atomic E-state index is 0.278. The van der Waals surface area contributed by atoms with Gasteiger partial charge in [-0.25, -0.2) is 14.8 Å². The number of carbonyl (C=O) groups is 1.